The average Bonchev–Trinajstić information content (AvgIpc) is 3.39. The molecule has 192 valence electrons. The number of thiazole rings is 1. The molecule has 4 aromatic rings. The SMILES string of the molecule is CCN(c1ccccc1)S(=O)(=O)c1ccc(C(=O)N2CCN(c3nc4c(C)ccc(Cl)c4s3)CC2)cc1. The minimum atomic E-state index is -3.74. The molecule has 7 nitrogen and oxygen atoms in total. The molecule has 1 aliphatic rings. The lowest BCUT2D eigenvalue weighted by molar-refractivity contribution is 0.0746. The fourth-order valence-corrected chi connectivity index (χ4v) is 7.33. The first-order valence-electron chi connectivity index (χ1n) is 12.1. The molecule has 2 heterocycles. The van der Waals surface area contributed by atoms with Crippen molar-refractivity contribution in [2.75, 3.05) is 41.9 Å². The number of nitrogens with zero attached hydrogens (tertiary/aromatic N) is 4. The molecular formula is C27H27ClN4O3S2. The van der Waals surface area contributed by atoms with Crippen molar-refractivity contribution >= 4 is 59.9 Å². The third kappa shape index (κ3) is 4.91. The Kier molecular flexibility index (Phi) is 7.11. The highest BCUT2D eigenvalue weighted by atomic mass is 35.5. The molecule has 0 aliphatic carbocycles. The summed E-state index contributed by atoms with van der Waals surface area (Å²) in [5.41, 5.74) is 3.09. The Labute approximate surface area is 226 Å². The number of hydrogen-bond acceptors (Lipinski definition) is 6. The highest BCUT2D eigenvalue weighted by Gasteiger charge is 2.27. The molecule has 0 unspecified atom stereocenters. The topological polar surface area (TPSA) is 73.8 Å². The lowest BCUT2D eigenvalue weighted by atomic mass is 10.2. The van der Waals surface area contributed by atoms with Crippen LogP contribution in [0, 0.1) is 6.92 Å². The second-order valence-corrected chi connectivity index (χ2v) is 12.1. The number of aromatic nitrogens is 1. The van der Waals surface area contributed by atoms with E-state index in [1.54, 1.807) is 47.4 Å². The van der Waals surface area contributed by atoms with Gasteiger partial charge in [-0.3, -0.25) is 9.10 Å². The van der Waals surface area contributed by atoms with Crippen LogP contribution in [-0.4, -0.2) is 56.9 Å². The Bertz CT molecular complexity index is 1490. The molecule has 0 radical (unpaired) electrons. The summed E-state index contributed by atoms with van der Waals surface area (Å²) in [5.74, 6) is -0.109. The van der Waals surface area contributed by atoms with Gasteiger partial charge < -0.3 is 9.80 Å². The molecule has 1 aromatic heterocycles. The van der Waals surface area contributed by atoms with Crippen LogP contribution in [0.5, 0.6) is 0 Å². The van der Waals surface area contributed by atoms with E-state index in [1.165, 1.54) is 16.4 Å². The molecule has 1 fully saturated rings. The highest BCUT2D eigenvalue weighted by Crippen LogP contribution is 2.36. The first-order chi connectivity index (χ1) is 17.8. The molecule has 5 rings (SSSR count). The van der Waals surface area contributed by atoms with Crippen LogP contribution in [0.3, 0.4) is 0 Å². The van der Waals surface area contributed by atoms with Crippen LogP contribution in [-0.2, 0) is 10.0 Å². The van der Waals surface area contributed by atoms with Crippen LogP contribution in [0.15, 0.2) is 71.6 Å². The standard InChI is InChI=1S/C27H27ClN4O3S2/c1-3-32(21-7-5-4-6-8-21)37(34,35)22-12-10-20(11-13-22)26(33)30-15-17-31(18-16-30)27-29-24-19(2)9-14-23(28)25(24)36-27/h4-14H,3,15-18H2,1-2H3. The van der Waals surface area contributed by atoms with E-state index in [0.717, 1.165) is 20.9 Å². The van der Waals surface area contributed by atoms with Gasteiger partial charge in [-0.15, -0.1) is 0 Å². The van der Waals surface area contributed by atoms with E-state index in [1.807, 2.05) is 37.3 Å². The van der Waals surface area contributed by atoms with Crippen molar-refractivity contribution in [3.8, 4) is 0 Å². The number of carbonyl (C=O) groups excluding carboxylic acids is 1. The van der Waals surface area contributed by atoms with Crippen LogP contribution >= 0.6 is 22.9 Å². The monoisotopic (exact) mass is 554 g/mol. The van der Waals surface area contributed by atoms with Gasteiger partial charge in [-0.1, -0.05) is 47.2 Å². The average molecular weight is 555 g/mol. The summed E-state index contributed by atoms with van der Waals surface area (Å²) in [6, 6.07) is 19.1. The van der Waals surface area contributed by atoms with Crippen LogP contribution in [0.2, 0.25) is 5.02 Å². The third-order valence-electron chi connectivity index (χ3n) is 6.54. The Balaban J connectivity index is 1.27. The maximum absolute atomic E-state index is 13.2. The Morgan fingerprint density at radius 1 is 1.00 bits per heavy atom. The van der Waals surface area contributed by atoms with Gasteiger partial charge in [-0.25, -0.2) is 13.4 Å². The van der Waals surface area contributed by atoms with Crippen LogP contribution in [0.1, 0.15) is 22.8 Å². The molecule has 1 saturated heterocycles. The third-order valence-corrected chi connectivity index (χ3v) is 10.0. The Morgan fingerprint density at radius 2 is 1.68 bits per heavy atom. The maximum atomic E-state index is 13.2. The van der Waals surface area contributed by atoms with Gasteiger partial charge in [0.05, 0.1) is 25.8 Å². The van der Waals surface area contributed by atoms with Crippen molar-refractivity contribution in [2.24, 2.45) is 0 Å². The van der Waals surface area contributed by atoms with E-state index in [0.29, 0.717) is 49.0 Å². The number of rotatable bonds is 6. The molecule has 10 heteroatoms. The Hall–Kier alpha value is -3.14. The molecule has 37 heavy (non-hydrogen) atoms. The quantitative estimate of drug-likeness (QED) is 0.317. The van der Waals surface area contributed by atoms with Crippen molar-refractivity contribution in [2.45, 2.75) is 18.7 Å². The largest absolute Gasteiger partial charge is 0.345 e. The van der Waals surface area contributed by atoms with E-state index in [9.17, 15) is 13.2 Å². The van der Waals surface area contributed by atoms with Crippen molar-refractivity contribution in [1.29, 1.82) is 0 Å². The minimum absolute atomic E-state index is 0.109. The Morgan fingerprint density at radius 3 is 2.30 bits per heavy atom. The summed E-state index contributed by atoms with van der Waals surface area (Å²) in [6.45, 7) is 6.56. The van der Waals surface area contributed by atoms with Gasteiger partial charge in [0.25, 0.3) is 15.9 Å². The van der Waals surface area contributed by atoms with E-state index in [2.05, 4.69) is 4.90 Å². The van der Waals surface area contributed by atoms with Gasteiger partial charge >= 0.3 is 0 Å². The minimum Gasteiger partial charge on any atom is -0.345 e. The molecule has 0 saturated carbocycles. The summed E-state index contributed by atoms with van der Waals surface area (Å²) in [4.78, 5) is 22.1. The summed E-state index contributed by atoms with van der Waals surface area (Å²) < 4.78 is 28.8. The number of halogens is 1. The summed E-state index contributed by atoms with van der Waals surface area (Å²) >= 11 is 7.94. The van der Waals surface area contributed by atoms with Crippen molar-refractivity contribution in [3.63, 3.8) is 0 Å². The number of hydrogen-bond donors (Lipinski definition) is 0. The normalized spacial score (nSPS) is 14.2. The van der Waals surface area contributed by atoms with Crippen molar-refractivity contribution < 1.29 is 13.2 Å². The number of piperazine rings is 1. The molecule has 0 atom stereocenters. The molecule has 0 N–H and O–H groups in total. The van der Waals surface area contributed by atoms with Gasteiger partial charge in [-0.05, 0) is 61.9 Å². The van der Waals surface area contributed by atoms with Crippen LogP contribution in [0.25, 0.3) is 10.2 Å². The fraction of sp³-hybridized carbons (Fsp3) is 0.259. The van der Waals surface area contributed by atoms with Gasteiger partial charge in [-0.2, -0.15) is 0 Å². The predicted molar refractivity (Wildman–Crippen MR) is 151 cm³/mol. The fourth-order valence-electron chi connectivity index (χ4n) is 4.49. The number of anilines is 2. The molecule has 0 bridgehead atoms. The number of sulfonamides is 1. The van der Waals surface area contributed by atoms with Gasteiger partial charge in [0, 0.05) is 38.3 Å². The number of amides is 1. The summed E-state index contributed by atoms with van der Waals surface area (Å²) in [5, 5.41) is 1.61. The first-order valence-corrected chi connectivity index (χ1v) is 14.7. The van der Waals surface area contributed by atoms with E-state index < -0.39 is 10.0 Å². The smallest absolute Gasteiger partial charge is 0.264 e. The van der Waals surface area contributed by atoms with Gasteiger partial charge in [0.15, 0.2) is 5.13 Å². The molecule has 1 aliphatic heterocycles. The molecule has 3 aromatic carbocycles. The zero-order chi connectivity index (χ0) is 26.2. The molecule has 1 amide bonds. The second kappa shape index (κ2) is 10.3. The van der Waals surface area contributed by atoms with E-state index in [-0.39, 0.29) is 10.8 Å². The van der Waals surface area contributed by atoms with Crippen molar-refractivity contribution in [3.05, 3.63) is 82.9 Å². The van der Waals surface area contributed by atoms with Crippen LogP contribution < -0.4 is 9.21 Å². The number of fused-ring (bicyclic) bond motifs is 1. The van der Waals surface area contributed by atoms with Gasteiger partial charge in [0.1, 0.15) is 0 Å². The van der Waals surface area contributed by atoms with E-state index in [4.69, 9.17) is 16.6 Å². The second-order valence-electron chi connectivity index (χ2n) is 8.85. The predicted octanol–water partition coefficient (Wildman–Crippen LogP) is 5.44. The molecular weight excluding hydrogens is 528 g/mol. The lowest BCUT2D eigenvalue weighted by Crippen LogP contribution is -2.48. The molecule has 0 spiro atoms. The van der Waals surface area contributed by atoms with Crippen molar-refractivity contribution in [1.82, 2.24) is 9.88 Å². The lowest BCUT2D eigenvalue weighted by Gasteiger charge is -2.34. The first kappa shape index (κ1) is 25.5. The van der Waals surface area contributed by atoms with E-state index >= 15 is 0 Å². The number of carbonyl (C=O) groups is 1. The highest BCUT2D eigenvalue weighted by molar-refractivity contribution is 7.92. The summed E-state index contributed by atoms with van der Waals surface area (Å²) in [7, 11) is -3.74. The summed E-state index contributed by atoms with van der Waals surface area (Å²) in [6.07, 6.45) is 0. The van der Waals surface area contributed by atoms with Crippen LogP contribution in [0.4, 0.5) is 10.8 Å². The number of benzene rings is 3. The van der Waals surface area contributed by atoms with Gasteiger partial charge in [0.2, 0.25) is 0 Å². The maximum Gasteiger partial charge on any atom is 0.264 e. The zero-order valence-electron chi connectivity index (χ0n) is 20.6. The number of aryl methyl sites for hydroxylation is 1. The zero-order valence-corrected chi connectivity index (χ0v) is 23.0. The number of para-hydroxylation sites is 1.